The molecular weight excluding hydrogens is 219 g/mol. The molecule has 1 aromatic carbocycles. The van der Waals surface area contributed by atoms with Crippen LogP contribution in [0.2, 0.25) is 0 Å². The molecule has 1 heterocycles. The van der Waals surface area contributed by atoms with Crippen molar-refractivity contribution < 1.29 is 13.9 Å². The van der Waals surface area contributed by atoms with Gasteiger partial charge in [-0.25, -0.2) is 4.39 Å². The predicted molar refractivity (Wildman–Crippen MR) is 63.2 cm³/mol. The van der Waals surface area contributed by atoms with E-state index in [-0.39, 0.29) is 5.82 Å². The SMILES string of the molecule is Cc1c(C(O)C2CCC2)oc2ccc(F)cc12. The highest BCUT2D eigenvalue weighted by atomic mass is 19.1. The third-order valence-electron chi connectivity index (χ3n) is 3.80. The molecule has 1 aliphatic carbocycles. The third-order valence-corrected chi connectivity index (χ3v) is 3.80. The van der Waals surface area contributed by atoms with E-state index in [1.807, 2.05) is 6.92 Å². The van der Waals surface area contributed by atoms with Crippen molar-refractivity contribution in [3.8, 4) is 0 Å². The normalized spacial score (nSPS) is 18.3. The van der Waals surface area contributed by atoms with Crippen molar-refractivity contribution in [2.45, 2.75) is 32.3 Å². The van der Waals surface area contributed by atoms with Crippen LogP contribution in [0.4, 0.5) is 4.39 Å². The number of halogens is 1. The number of hydrogen-bond acceptors (Lipinski definition) is 2. The lowest BCUT2D eigenvalue weighted by molar-refractivity contribution is 0.0451. The van der Waals surface area contributed by atoms with Crippen LogP contribution >= 0.6 is 0 Å². The van der Waals surface area contributed by atoms with Gasteiger partial charge in [-0.2, -0.15) is 0 Å². The molecule has 3 rings (SSSR count). The Balaban J connectivity index is 2.07. The van der Waals surface area contributed by atoms with Crippen molar-refractivity contribution in [3.05, 3.63) is 35.3 Å². The number of aliphatic hydroxyl groups is 1. The third kappa shape index (κ3) is 1.65. The summed E-state index contributed by atoms with van der Waals surface area (Å²) in [6.45, 7) is 1.88. The largest absolute Gasteiger partial charge is 0.458 e. The quantitative estimate of drug-likeness (QED) is 0.859. The van der Waals surface area contributed by atoms with Crippen LogP contribution in [0.1, 0.15) is 36.7 Å². The first kappa shape index (κ1) is 10.8. The van der Waals surface area contributed by atoms with E-state index in [0.29, 0.717) is 17.3 Å². The lowest BCUT2D eigenvalue weighted by atomic mass is 9.80. The maximum Gasteiger partial charge on any atom is 0.136 e. The lowest BCUT2D eigenvalue weighted by Crippen LogP contribution is -2.20. The van der Waals surface area contributed by atoms with Crippen LogP contribution < -0.4 is 0 Å². The van der Waals surface area contributed by atoms with Crippen LogP contribution in [0.5, 0.6) is 0 Å². The molecule has 3 heteroatoms. The Kier molecular flexibility index (Phi) is 2.44. The monoisotopic (exact) mass is 234 g/mol. The Morgan fingerprint density at radius 3 is 2.82 bits per heavy atom. The Morgan fingerprint density at radius 2 is 2.18 bits per heavy atom. The molecule has 0 bridgehead atoms. The van der Waals surface area contributed by atoms with Crippen LogP contribution in [0.15, 0.2) is 22.6 Å². The Labute approximate surface area is 99.1 Å². The summed E-state index contributed by atoms with van der Waals surface area (Å²) in [5.41, 5.74) is 1.51. The molecule has 90 valence electrons. The lowest BCUT2D eigenvalue weighted by Gasteiger charge is -2.29. The molecule has 1 saturated carbocycles. The number of aliphatic hydroxyl groups excluding tert-OH is 1. The van der Waals surface area contributed by atoms with E-state index < -0.39 is 6.10 Å². The highest BCUT2D eigenvalue weighted by Crippen LogP contribution is 2.41. The number of benzene rings is 1. The van der Waals surface area contributed by atoms with Gasteiger partial charge in [0.1, 0.15) is 23.3 Å². The zero-order valence-electron chi connectivity index (χ0n) is 9.74. The minimum Gasteiger partial charge on any atom is -0.458 e. The first-order valence-electron chi connectivity index (χ1n) is 6.03. The van der Waals surface area contributed by atoms with Gasteiger partial charge in [-0.15, -0.1) is 0 Å². The summed E-state index contributed by atoms with van der Waals surface area (Å²) >= 11 is 0. The van der Waals surface area contributed by atoms with Crippen LogP contribution in [0.25, 0.3) is 11.0 Å². The first-order valence-corrected chi connectivity index (χ1v) is 6.03. The molecule has 0 aliphatic heterocycles. The molecule has 1 aliphatic rings. The predicted octanol–water partition coefficient (Wildman–Crippen LogP) is 3.71. The molecule has 0 radical (unpaired) electrons. The minimum absolute atomic E-state index is 0.272. The molecular formula is C14H15FO2. The highest BCUT2D eigenvalue weighted by Gasteiger charge is 2.30. The fraction of sp³-hybridized carbons (Fsp3) is 0.429. The van der Waals surface area contributed by atoms with E-state index in [9.17, 15) is 9.50 Å². The van der Waals surface area contributed by atoms with Crippen LogP contribution in [0.3, 0.4) is 0 Å². The Bertz CT molecular complexity index is 555. The molecule has 1 fully saturated rings. The van der Waals surface area contributed by atoms with Gasteiger partial charge >= 0.3 is 0 Å². The van der Waals surface area contributed by atoms with Gasteiger partial charge in [0.15, 0.2) is 0 Å². The van der Waals surface area contributed by atoms with Gasteiger partial charge in [0.05, 0.1) is 0 Å². The number of fused-ring (bicyclic) bond motifs is 1. The van der Waals surface area contributed by atoms with E-state index >= 15 is 0 Å². The zero-order valence-corrected chi connectivity index (χ0v) is 9.74. The molecule has 0 saturated heterocycles. The van der Waals surface area contributed by atoms with Gasteiger partial charge in [-0.05, 0) is 43.9 Å². The maximum absolute atomic E-state index is 13.2. The molecule has 2 nitrogen and oxygen atoms in total. The molecule has 1 N–H and O–H groups in total. The van der Waals surface area contributed by atoms with Crippen molar-refractivity contribution in [1.82, 2.24) is 0 Å². The van der Waals surface area contributed by atoms with Crippen molar-refractivity contribution >= 4 is 11.0 Å². The van der Waals surface area contributed by atoms with Crippen LogP contribution in [0, 0.1) is 18.7 Å². The average molecular weight is 234 g/mol. The van der Waals surface area contributed by atoms with Gasteiger partial charge in [-0.3, -0.25) is 0 Å². The van der Waals surface area contributed by atoms with Crippen molar-refractivity contribution in [3.63, 3.8) is 0 Å². The number of hydrogen-bond donors (Lipinski definition) is 1. The summed E-state index contributed by atoms with van der Waals surface area (Å²) in [5, 5.41) is 11.0. The summed E-state index contributed by atoms with van der Waals surface area (Å²) in [5.74, 6) is 0.639. The van der Waals surface area contributed by atoms with E-state index in [4.69, 9.17) is 4.42 Å². The highest BCUT2D eigenvalue weighted by molar-refractivity contribution is 5.82. The van der Waals surface area contributed by atoms with Crippen molar-refractivity contribution in [2.75, 3.05) is 0 Å². The second-order valence-corrected chi connectivity index (χ2v) is 4.87. The second-order valence-electron chi connectivity index (χ2n) is 4.87. The molecule has 0 spiro atoms. The van der Waals surface area contributed by atoms with Gasteiger partial charge < -0.3 is 9.52 Å². The molecule has 1 unspecified atom stereocenters. The average Bonchev–Trinajstić information content (AvgIpc) is 2.54. The smallest absolute Gasteiger partial charge is 0.136 e. The van der Waals surface area contributed by atoms with E-state index in [1.165, 1.54) is 18.6 Å². The standard InChI is InChI=1S/C14H15FO2/c1-8-11-7-10(15)5-6-12(11)17-14(8)13(16)9-3-2-4-9/h5-7,9,13,16H,2-4H2,1H3. The molecule has 1 atom stereocenters. The van der Waals surface area contributed by atoms with Gasteiger partial charge in [0.2, 0.25) is 0 Å². The maximum atomic E-state index is 13.2. The van der Waals surface area contributed by atoms with E-state index in [2.05, 4.69) is 0 Å². The van der Waals surface area contributed by atoms with Crippen LogP contribution in [-0.2, 0) is 0 Å². The van der Waals surface area contributed by atoms with Gasteiger partial charge in [0.25, 0.3) is 0 Å². The summed E-state index contributed by atoms with van der Waals surface area (Å²) < 4.78 is 18.8. The summed E-state index contributed by atoms with van der Waals surface area (Å²) in [7, 11) is 0. The molecule has 0 amide bonds. The first-order chi connectivity index (χ1) is 8.16. The Hall–Kier alpha value is -1.35. The molecule has 2 aromatic rings. The Morgan fingerprint density at radius 1 is 1.41 bits per heavy atom. The van der Waals surface area contributed by atoms with Gasteiger partial charge in [0, 0.05) is 10.9 Å². The summed E-state index contributed by atoms with van der Waals surface area (Å²) in [6, 6.07) is 4.46. The topological polar surface area (TPSA) is 33.4 Å². The van der Waals surface area contributed by atoms with E-state index in [0.717, 1.165) is 23.8 Å². The number of aryl methyl sites for hydroxylation is 1. The van der Waals surface area contributed by atoms with Gasteiger partial charge in [-0.1, -0.05) is 6.42 Å². The number of rotatable bonds is 2. The fourth-order valence-corrected chi connectivity index (χ4v) is 2.46. The van der Waals surface area contributed by atoms with E-state index in [1.54, 1.807) is 6.07 Å². The summed E-state index contributed by atoms with van der Waals surface area (Å²) in [4.78, 5) is 0. The number of furan rings is 1. The zero-order chi connectivity index (χ0) is 12.0. The summed E-state index contributed by atoms with van der Waals surface area (Å²) in [6.07, 6.45) is 2.73. The minimum atomic E-state index is -0.542. The van der Waals surface area contributed by atoms with Crippen molar-refractivity contribution in [1.29, 1.82) is 0 Å². The second kappa shape index (κ2) is 3.84. The molecule has 17 heavy (non-hydrogen) atoms. The van der Waals surface area contributed by atoms with Crippen molar-refractivity contribution in [2.24, 2.45) is 5.92 Å². The fourth-order valence-electron chi connectivity index (χ4n) is 2.46. The van der Waals surface area contributed by atoms with Crippen LogP contribution in [-0.4, -0.2) is 5.11 Å². The molecule has 1 aromatic heterocycles.